The van der Waals surface area contributed by atoms with Crippen molar-refractivity contribution in [2.45, 2.75) is 44.6 Å². The van der Waals surface area contributed by atoms with Crippen LogP contribution in [0.1, 0.15) is 60.2 Å². The monoisotopic (exact) mass is 386 g/mol. The van der Waals surface area contributed by atoms with Crippen LogP contribution < -0.4 is 4.74 Å². The van der Waals surface area contributed by atoms with Gasteiger partial charge in [0.2, 0.25) is 11.8 Å². The number of aromatic nitrogens is 3. The van der Waals surface area contributed by atoms with E-state index in [1.807, 2.05) is 4.90 Å². The number of hydrogen-bond acceptors (Lipinski definition) is 7. The molecule has 0 spiro atoms. The van der Waals surface area contributed by atoms with Gasteiger partial charge in [-0.25, -0.2) is 4.98 Å². The molecule has 8 heteroatoms. The van der Waals surface area contributed by atoms with Crippen LogP contribution in [0.15, 0.2) is 22.9 Å². The number of nitrogens with zero attached hydrogens (tertiary/aromatic N) is 4. The molecule has 2 aromatic heterocycles. The van der Waals surface area contributed by atoms with Crippen molar-refractivity contribution in [1.82, 2.24) is 20.0 Å². The zero-order chi connectivity index (χ0) is 19.3. The van der Waals surface area contributed by atoms with Gasteiger partial charge in [-0.1, -0.05) is 5.16 Å². The Bertz CT molecular complexity index is 788. The number of likely N-dealkylation sites (tertiary alicyclic amines) is 1. The van der Waals surface area contributed by atoms with E-state index in [1.54, 1.807) is 25.4 Å². The number of carbonyl (C=O) groups is 1. The van der Waals surface area contributed by atoms with Crippen molar-refractivity contribution in [1.29, 1.82) is 0 Å². The van der Waals surface area contributed by atoms with Gasteiger partial charge in [-0.2, -0.15) is 4.98 Å². The van der Waals surface area contributed by atoms with Gasteiger partial charge in [-0.05, 0) is 44.1 Å². The molecular formula is C20H26N4O4. The van der Waals surface area contributed by atoms with E-state index in [9.17, 15) is 4.79 Å². The van der Waals surface area contributed by atoms with Crippen LogP contribution in [0.3, 0.4) is 0 Å². The lowest BCUT2D eigenvalue weighted by atomic mass is 10.0. The summed E-state index contributed by atoms with van der Waals surface area (Å²) in [5, 5.41) is 4.08. The lowest BCUT2D eigenvalue weighted by Crippen LogP contribution is -2.38. The lowest BCUT2D eigenvalue weighted by Gasteiger charge is -2.33. The predicted molar refractivity (Wildman–Crippen MR) is 100.0 cm³/mol. The summed E-state index contributed by atoms with van der Waals surface area (Å²) >= 11 is 0. The van der Waals surface area contributed by atoms with Crippen molar-refractivity contribution in [2.24, 2.45) is 5.92 Å². The van der Waals surface area contributed by atoms with Crippen molar-refractivity contribution in [3.8, 4) is 5.88 Å². The van der Waals surface area contributed by atoms with E-state index in [0.717, 1.165) is 31.8 Å². The average molecular weight is 386 g/mol. The minimum atomic E-state index is -0.197. The Morgan fingerprint density at radius 3 is 2.93 bits per heavy atom. The maximum atomic E-state index is 13.0. The highest BCUT2D eigenvalue weighted by molar-refractivity contribution is 5.94. The summed E-state index contributed by atoms with van der Waals surface area (Å²) in [6.45, 7) is 2.09. The third kappa shape index (κ3) is 4.49. The highest BCUT2D eigenvalue weighted by Crippen LogP contribution is 2.31. The maximum absolute atomic E-state index is 13.0. The third-order valence-electron chi connectivity index (χ3n) is 5.25. The molecule has 0 N–H and O–H groups in total. The first-order chi connectivity index (χ1) is 13.7. The van der Waals surface area contributed by atoms with Gasteiger partial charge in [0.25, 0.3) is 5.91 Å². The molecule has 1 atom stereocenters. The summed E-state index contributed by atoms with van der Waals surface area (Å²) < 4.78 is 16.2. The summed E-state index contributed by atoms with van der Waals surface area (Å²) in [6.07, 6.45) is 7.53. The number of pyridine rings is 1. The second-order valence-electron chi connectivity index (χ2n) is 7.42. The number of amides is 1. The van der Waals surface area contributed by atoms with Crippen LogP contribution in [0, 0.1) is 5.92 Å². The molecule has 0 aromatic carbocycles. The molecule has 3 heterocycles. The molecule has 2 aromatic rings. The van der Waals surface area contributed by atoms with Crippen molar-refractivity contribution in [3.63, 3.8) is 0 Å². The van der Waals surface area contributed by atoms with Crippen LogP contribution in [0.5, 0.6) is 5.88 Å². The lowest BCUT2D eigenvalue weighted by molar-refractivity contribution is 0.0561. The molecule has 0 radical (unpaired) electrons. The molecule has 1 aliphatic carbocycles. The number of rotatable bonds is 8. The first kappa shape index (κ1) is 18.9. The summed E-state index contributed by atoms with van der Waals surface area (Å²) in [5.74, 6) is 2.29. The highest BCUT2D eigenvalue weighted by Gasteiger charge is 2.32. The molecule has 1 unspecified atom stereocenters. The van der Waals surface area contributed by atoms with Crippen LogP contribution in [-0.2, 0) is 11.2 Å². The molecule has 2 aliphatic rings. The zero-order valence-corrected chi connectivity index (χ0v) is 16.2. The second-order valence-corrected chi connectivity index (χ2v) is 7.42. The van der Waals surface area contributed by atoms with Gasteiger partial charge >= 0.3 is 0 Å². The van der Waals surface area contributed by atoms with Crippen molar-refractivity contribution < 1.29 is 18.8 Å². The number of ether oxygens (including phenoxy) is 2. The van der Waals surface area contributed by atoms with Gasteiger partial charge < -0.3 is 18.9 Å². The van der Waals surface area contributed by atoms with E-state index >= 15 is 0 Å². The predicted octanol–water partition coefficient (Wildman–Crippen LogP) is 2.81. The molecular weight excluding hydrogens is 360 g/mol. The number of hydrogen-bond donors (Lipinski definition) is 0. The highest BCUT2D eigenvalue weighted by atomic mass is 16.5. The first-order valence-electron chi connectivity index (χ1n) is 9.96. The quantitative estimate of drug-likeness (QED) is 0.644. The van der Waals surface area contributed by atoms with Gasteiger partial charge in [0.15, 0.2) is 5.82 Å². The van der Waals surface area contributed by atoms with Gasteiger partial charge in [0.1, 0.15) is 6.04 Å². The van der Waals surface area contributed by atoms with Crippen molar-refractivity contribution in [2.75, 3.05) is 26.9 Å². The smallest absolute Gasteiger partial charge is 0.256 e. The van der Waals surface area contributed by atoms with Gasteiger partial charge in [-0.3, -0.25) is 4.79 Å². The normalized spacial score (nSPS) is 19.6. The van der Waals surface area contributed by atoms with Crippen molar-refractivity contribution >= 4 is 5.91 Å². The Labute approximate surface area is 164 Å². The molecule has 4 rings (SSSR count). The standard InChI is InChI=1S/C20H26N4O4/c1-26-18-8-7-15(12-21-18)20(25)24-10-3-2-4-16(24)19-22-17(23-28-19)9-11-27-13-14-5-6-14/h7-8,12,14,16H,2-6,9-11,13H2,1H3. The van der Waals surface area contributed by atoms with E-state index in [1.165, 1.54) is 12.8 Å². The van der Waals surface area contributed by atoms with Crippen LogP contribution >= 0.6 is 0 Å². The van der Waals surface area contributed by atoms with E-state index < -0.39 is 0 Å². The Kier molecular flexibility index (Phi) is 5.85. The molecule has 1 amide bonds. The van der Waals surface area contributed by atoms with Crippen LogP contribution in [0.2, 0.25) is 0 Å². The molecule has 150 valence electrons. The molecule has 0 bridgehead atoms. The second kappa shape index (κ2) is 8.68. The molecule has 28 heavy (non-hydrogen) atoms. The molecule has 2 fully saturated rings. The minimum absolute atomic E-state index is 0.0765. The van der Waals surface area contributed by atoms with Gasteiger partial charge in [0, 0.05) is 31.8 Å². The van der Waals surface area contributed by atoms with Crippen LogP contribution in [0.25, 0.3) is 0 Å². The topological polar surface area (TPSA) is 90.6 Å². The van der Waals surface area contributed by atoms with E-state index in [-0.39, 0.29) is 11.9 Å². The van der Waals surface area contributed by atoms with E-state index in [0.29, 0.717) is 42.7 Å². The van der Waals surface area contributed by atoms with Gasteiger partial charge in [0.05, 0.1) is 19.3 Å². The molecule has 1 saturated carbocycles. The Balaban J connectivity index is 1.40. The van der Waals surface area contributed by atoms with Crippen LogP contribution in [0.4, 0.5) is 0 Å². The number of piperidine rings is 1. The largest absolute Gasteiger partial charge is 0.481 e. The first-order valence-corrected chi connectivity index (χ1v) is 9.96. The van der Waals surface area contributed by atoms with E-state index in [2.05, 4.69) is 15.1 Å². The average Bonchev–Trinajstić information content (AvgIpc) is 3.46. The SMILES string of the molecule is COc1ccc(C(=O)N2CCCCC2c2nc(CCOCC3CC3)no2)cn1. The van der Waals surface area contributed by atoms with E-state index in [4.69, 9.17) is 14.0 Å². The maximum Gasteiger partial charge on any atom is 0.256 e. The summed E-state index contributed by atoms with van der Waals surface area (Å²) in [7, 11) is 1.55. The van der Waals surface area contributed by atoms with Crippen LogP contribution in [-0.4, -0.2) is 52.8 Å². The Morgan fingerprint density at radius 1 is 1.29 bits per heavy atom. The fourth-order valence-electron chi connectivity index (χ4n) is 3.43. The van der Waals surface area contributed by atoms with Gasteiger partial charge in [-0.15, -0.1) is 0 Å². The molecule has 1 saturated heterocycles. The minimum Gasteiger partial charge on any atom is -0.481 e. The fraction of sp³-hybridized carbons (Fsp3) is 0.600. The summed E-state index contributed by atoms with van der Waals surface area (Å²) in [4.78, 5) is 23.5. The fourth-order valence-corrected chi connectivity index (χ4v) is 3.43. The molecule has 8 nitrogen and oxygen atoms in total. The number of carbonyl (C=O) groups excluding carboxylic acids is 1. The summed E-state index contributed by atoms with van der Waals surface area (Å²) in [6, 6.07) is 3.23. The van der Waals surface area contributed by atoms with Crippen molar-refractivity contribution in [3.05, 3.63) is 35.6 Å². The number of methoxy groups -OCH3 is 1. The Morgan fingerprint density at radius 2 is 2.18 bits per heavy atom. The summed E-state index contributed by atoms with van der Waals surface area (Å²) in [5.41, 5.74) is 0.529. The molecule has 1 aliphatic heterocycles. The third-order valence-corrected chi connectivity index (χ3v) is 5.25. The zero-order valence-electron chi connectivity index (χ0n) is 16.2. The Hall–Kier alpha value is -2.48.